The zero-order valence-corrected chi connectivity index (χ0v) is 15.1. The van der Waals surface area contributed by atoms with Gasteiger partial charge in [0.05, 0.1) is 5.69 Å². The molecule has 2 nitrogen and oxygen atoms in total. The number of aryl methyl sites for hydroxylation is 1. The zero-order valence-electron chi connectivity index (χ0n) is 13.5. The molecule has 2 aliphatic rings. The van der Waals surface area contributed by atoms with Crippen molar-refractivity contribution in [3.05, 3.63) is 28.2 Å². The Morgan fingerprint density at radius 3 is 2.71 bits per heavy atom. The van der Waals surface area contributed by atoms with Crippen molar-refractivity contribution in [2.45, 2.75) is 52.1 Å². The van der Waals surface area contributed by atoms with E-state index < -0.39 is 0 Å². The SMILES string of the molecule is Cc1ccc(N2CC3CCCCN3CC2C(C)C)c(Br)c1. The first-order valence-electron chi connectivity index (χ1n) is 8.33. The number of benzene rings is 1. The van der Waals surface area contributed by atoms with E-state index in [0.29, 0.717) is 12.0 Å². The molecule has 3 heteroatoms. The van der Waals surface area contributed by atoms with E-state index in [0.717, 1.165) is 6.04 Å². The Balaban J connectivity index is 1.90. The van der Waals surface area contributed by atoms with Gasteiger partial charge in [0, 0.05) is 29.6 Å². The fourth-order valence-corrected chi connectivity index (χ4v) is 4.62. The molecule has 2 atom stereocenters. The van der Waals surface area contributed by atoms with E-state index in [4.69, 9.17) is 0 Å². The highest BCUT2D eigenvalue weighted by Gasteiger charge is 2.36. The molecule has 0 aliphatic carbocycles. The maximum Gasteiger partial charge on any atom is 0.0514 e. The number of piperidine rings is 1. The molecule has 0 amide bonds. The minimum absolute atomic E-state index is 0.623. The molecule has 0 bridgehead atoms. The maximum atomic E-state index is 3.79. The molecular weight excluding hydrogens is 324 g/mol. The number of fused-ring (bicyclic) bond motifs is 1. The third-order valence-electron chi connectivity index (χ3n) is 5.16. The molecule has 116 valence electrons. The van der Waals surface area contributed by atoms with Crippen molar-refractivity contribution in [1.82, 2.24) is 4.90 Å². The molecule has 1 aromatic carbocycles. The van der Waals surface area contributed by atoms with Crippen LogP contribution >= 0.6 is 15.9 Å². The van der Waals surface area contributed by atoms with Gasteiger partial charge in [-0.1, -0.05) is 26.3 Å². The van der Waals surface area contributed by atoms with Crippen LogP contribution in [0.15, 0.2) is 22.7 Å². The second-order valence-electron chi connectivity index (χ2n) is 7.06. The van der Waals surface area contributed by atoms with Crippen LogP contribution in [0.5, 0.6) is 0 Å². The lowest BCUT2D eigenvalue weighted by molar-refractivity contribution is 0.100. The van der Waals surface area contributed by atoms with E-state index in [1.54, 1.807) is 0 Å². The van der Waals surface area contributed by atoms with E-state index in [2.05, 4.69) is 64.7 Å². The summed E-state index contributed by atoms with van der Waals surface area (Å²) in [6.07, 6.45) is 4.15. The van der Waals surface area contributed by atoms with E-state index in [-0.39, 0.29) is 0 Å². The molecule has 0 spiro atoms. The average molecular weight is 351 g/mol. The summed E-state index contributed by atoms with van der Waals surface area (Å²) in [4.78, 5) is 5.41. The highest BCUT2D eigenvalue weighted by molar-refractivity contribution is 9.10. The van der Waals surface area contributed by atoms with Crippen LogP contribution in [0.25, 0.3) is 0 Å². The van der Waals surface area contributed by atoms with Gasteiger partial charge in [-0.25, -0.2) is 0 Å². The van der Waals surface area contributed by atoms with Crippen LogP contribution in [0.2, 0.25) is 0 Å². The van der Waals surface area contributed by atoms with E-state index >= 15 is 0 Å². The Kier molecular flexibility index (Phi) is 4.60. The van der Waals surface area contributed by atoms with Crippen LogP contribution in [0.1, 0.15) is 38.7 Å². The molecule has 2 heterocycles. The quantitative estimate of drug-likeness (QED) is 0.776. The summed E-state index contributed by atoms with van der Waals surface area (Å²) in [5.74, 6) is 0.682. The maximum absolute atomic E-state index is 3.79. The normalized spacial score (nSPS) is 27.0. The number of hydrogen-bond acceptors (Lipinski definition) is 2. The standard InChI is InChI=1S/C18H27BrN2/c1-13(2)18-12-20-9-5-4-6-15(20)11-21(18)17-8-7-14(3)10-16(17)19/h7-8,10,13,15,18H,4-6,9,11-12H2,1-3H3. The Hall–Kier alpha value is -0.540. The monoisotopic (exact) mass is 350 g/mol. The predicted octanol–water partition coefficient (Wildman–Crippen LogP) is 4.46. The van der Waals surface area contributed by atoms with Gasteiger partial charge in [0.15, 0.2) is 0 Å². The number of hydrogen-bond donors (Lipinski definition) is 0. The first-order valence-corrected chi connectivity index (χ1v) is 9.12. The van der Waals surface area contributed by atoms with Gasteiger partial charge in [0.2, 0.25) is 0 Å². The second-order valence-corrected chi connectivity index (χ2v) is 7.92. The lowest BCUT2D eigenvalue weighted by atomic mass is 9.91. The molecule has 0 saturated carbocycles. The molecule has 2 unspecified atom stereocenters. The van der Waals surface area contributed by atoms with Gasteiger partial charge in [-0.15, -0.1) is 0 Å². The Bertz CT molecular complexity index is 500. The van der Waals surface area contributed by atoms with Gasteiger partial charge in [0.25, 0.3) is 0 Å². The highest BCUT2D eigenvalue weighted by atomic mass is 79.9. The Morgan fingerprint density at radius 2 is 2.00 bits per heavy atom. The first-order chi connectivity index (χ1) is 10.1. The minimum atomic E-state index is 0.623. The summed E-state index contributed by atoms with van der Waals surface area (Å²) >= 11 is 3.79. The second kappa shape index (κ2) is 6.29. The van der Waals surface area contributed by atoms with Crippen LogP contribution in [0.4, 0.5) is 5.69 Å². The zero-order chi connectivity index (χ0) is 15.0. The van der Waals surface area contributed by atoms with Gasteiger partial charge >= 0.3 is 0 Å². The largest absolute Gasteiger partial charge is 0.365 e. The summed E-state index contributed by atoms with van der Waals surface area (Å²) < 4.78 is 1.25. The molecule has 2 aliphatic heterocycles. The van der Waals surface area contributed by atoms with E-state index in [9.17, 15) is 0 Å². The van der Waals surface area contributed by atoms with Crippen LogP contribution in [-0.2, 0) is 0 Å². The third-order valence-corrected chi connectivity index (χ3v) is 5.80. The molecule has 3 rings (SSSR count). The predicted molar refractivity (Wildman–Crippen MR) is 94.1 cm³/mol. The number of halogens is 1. The van der Waals surface area contributed by atoms with Crippen molar-refractivity contribution in [2.75, 3.05) is 24.5 Å². The van der Waals surface area contributed by atoms with Crippen molar-refractivity contribution in [3.63, 3.8) is 0 Å². The molecule has 1 aromatic rings. The van der Waals surface area contributed by atoms with Gasteiger partial charge < -0.3 is 4.90 Å². The third kappa shape index (κ3) is 3.14. The fourth-order valence-electron chi connectivity index (χ4n) is 3.90. The van der Waals surface area contributed by atoms with Crippen LogP contribution in [0.3, 0.4) is 0 Å². The summed E-state index contributed by atoms with van der Waals surface area (Å²) in [6, 6.07) is 8.16. The summed E-state index contributed by atoms with van der Waals surface area (Å²) in [5.41, 5.74) is 2.70. The molecule has 21 heavy (non-hydrogen) atoms. The summed E-state index contributed by atoms with van der Waals surface area (Å²) in [7, 11) is 0. The Labute approximate surface area is 137 Å². The van der Waals surface area contributed by atoms with Crippen LogP contribution < -0.4 is 4.90 Å². The van der Waals surface area contributed by atoms with Gasteiger partial charge in [-0.2, -0.15) is 0 Å². The van der Waals surface area contributed by atoms with Gasteiger partial charge in [-0.05, 0) is 65.9 Å². The molecule has 2 fully saturated rings. The van der Waals surface area contributed by atoms with Crippen molar-refractivity contribution >= 4 is 21.6 Å². The lowest BCUT2D eigenvalue weighted by Gasteiger charge is -2.51. The van der Waals surface area contributed by atoms with Gasteiger partial charge in [-0.3, -0.25) is 4.90 Å². The fraction of sp³-hybridized carbons (Fsp3) is 0.667. The number of anilines is 1. The van der Waals surface area contributed by atoms with E-state index in [1.807, 2.05) is 0 Å². The average Bonchev–Trinajstić information content (AvgIpc) is 2.46. The Morgan fingerprint density at radius 1 is 1.19 bits per heavy atom. The van der Waals surface area contributed by atoms with Crippen molar-refractivity contribution in [1.29, 1.82) is 0 Å². The van der Waals surface area contributed by atoms with Crippen LogP contribution in [0, 0.1) is 12.8 Å². The number of rotatable bonds is 2. The van der Waals surface area contributed by atoms with Crippen molar-refractivity contribution < 1.29 is 0 Å². The number of piperazine rings is 1. The van der Waals surface area contributed by atoms with Crippen molar-refractivity contribution in [3.8, 4) is 0 Å². The smallest absolute Gasteiger partial charge is 0.0514 e. The van der Waals surface area contributed by atoms with Gasteiger partial charge in [0.1, 0.15) is 0 Å². The molecule has 0 N–H and O–H groups in total. The first kappa shape index (κ1) is 15.4. The van der Waals surface area contributed by atoms with Crippen molar-refractivity contribution in [2.24, 2.45) is 5.92 Å². The topological polar surface area (TPSA) is 6.48 Å². The summed E-state index contributed by atoms with van der Waals surface area (Å²) in [6.45, 7) is 10.6. The molecule has 2 saturated heterocycles. The number of nitrogens with zero attached hydrogens (tertiary/aromatic N) is 2. The minimum Gasteiger partial charge on any atom is -0.365 e. The molecule has 0 aromatic heterocycles. The summed E-state index contributed by atoms with van der Waals surface area (Å²) in [5, 5.41) is 0. The molecular formula is C18H27BrN2. The lowest BCUT2D eigenvalue weighted by Crippen LogP contribution is -2.61. The molecule has 0 radical (unpaired) electrons. The van der Waals surface area contributed by atoms with E-state index in [1.165, 1.54) is 54.6 Å². The highest BCUT2D eigenvalue weighted by Crippen LogP contribution is 2.35. The van der Waals surface area contributed by atoms with Crippen LogP contribution in [-0.4, -0.2) is 36.6 Å².